The van der Waals surface area contributed by atoms with Gasteiger partial charge in [0.15, 0.2) is 0 Å². The van der Waals surface area contributed by atoms with Crippen LogP contribution in [0.4, 0.5) is 0 Å². The summed E-state index contributed by atoms with van der Waals surface area (Å²) in [6, 6.07) is 8.23. The number of likely N-dealkylation sites (tertiary alicyclic amines) is 1. The number of carboxylic acids is 1. The van der Waals surface area contributed by atoms with Crippen molar-refractivity contribution in [2.24, 2.45) is 5.41 Å². The number of benzene rings is 1. The Labute approximate surface area is 129 Å². The molecule has 1 heterocycles. The number of hydrogen-bond acceptors (Lipinski definition) is 2. The Morgan fingerprint density at radius 1 is 1.35 bits per heavy atom. The van der Waals surface area contributed by atoms with E-state index in [-0.39, 0.29) is 0 Å². The topological polar surface area (TPSA) is 40.5 Å². The molecule has 0 atom stereocenters. The van der Waals surface area contributed by atoms with Crippen LogP contribution in [0.15, 0.2) is 28.7 Å². The number of rotatable bonds is 5. The molecule has 0 unspecified atom stereocenters. The van der Waals surface area contributed by atoms with Gasteiger partial charge in [0, 0.05) is 11.0 Å². The van der Waals surface area contributed by atoms with Crippen molar-refractivity contribution in [3.63, 3.8) is 0 Å². The van der Waals surface area contributed by atoms with Crippen LogP contribution in [0.3, 0.4) is 0 Å². The molecule has 4 heteroatoms. The van der Waals surface area contributed by atoms with Gasteiger partial charge in [0.05, 0.1) is 5.41 Å². The fourth-order valence-corrected chi connectivity index (χ4v) is 3.47. The van der Waals surface area contributed by atoms with E-state index >= 15 is 0 Å². The normalized spacial score (nSPS) is 18.9. The van der Waals surface area contributed by atoms with Gasteiger partial charge >= 0.3 is 5.97 Å². The van der Waals surface area contributed by atoms with E-state index < -0.39 is 11.4 Å². The van der Waals surface area contributed by atoms with Crippen molar-refractivity contribution in [2.45, 2.75) is 39.2 Å². The maximum atomic E-state index is 11.6. The van der Waals surface area contributed by atoms with Crippen LogP contribution in [-0.4, -0.2) is 29.1 Å². The highest BCUT2D eigenvalue weighted by molar-refractivity contribution is 9.10. The lowest BCUT2D eigenvalue weighted by Crippen LogP contribution is -2.44. The Hall–Kier alpha value is -0.870. The number of hydrogen-bond donors (Lipinski definition) is 1. The van der Waals surface area contributed by atoms with Gasteiger partial charge in [0.25, 0.3) is 0 Å². The first kappa shape index (κ1) is 15.5. The lowest BCUT2D eigenvalue weighted by Gasteiger charge is -2.39. The van der Waals surface area contributed by atoms with Crippen molar-refractivity contribution < 1.29 is 9.90 Å². The van der Waals surface area contributed by atoms with Crippen molar-refractivity contribution in [2.75, 3.05) is 13.1 Å². The zero-order chi connectivity index (χ0) is 14.6. The Morgan fingerprint density at radius 3 is 2.55 bits per heavy atom. The second-order valence-corrected chi connectivity index (χ2v) is 6.56. The first-order valence-electron chi connectivity index (χ1n) is 7.26. The van der Waals surface area contributed by atoms with E-state index in [4.69, 9.17) is 0 Å². The Kier molecular flexibility index (Phi) is 5.22. The minimum atomic E-state index is -0.611. The number of aliphatic carboxylic acids is 1. The minimum Gasteiger partial charge on any atom is -0.481 e. The van der Waals surface area contributed by atoms with Crippen LogP contribution in [0, 0.1) is 5.41 Å². The van der Waals surface area contributed by atoms with Crippen molar-refractivity contribution in [3.8, 4) is 0 Å². The van der Waals surface area contributed by atoms with E-state index in [0.717, 1.165) is 49.8 Å². The molecule has 1 N–H and O–H groups in total. The molecule has 0 aliphatic carbocycles. The summed E-state index contributed by atoms with van der Waals surface area (Å²) in [7, 11) is 0. The summed E-state index contributed by atoms with van der Waals surface area (Å²) in [5, 5.41) is 9.51. The second-order valence-electron chi connectivity index (χ2n) is 5.70. The van der Waals surface area contributed by atoms with Gasteiger partial charge in [-0.25, -0.2) is 0 Å². The lowest BCUT2D eigenvalue weighted by atomic mass is 9.75. The molecular formula is C16H22BrNO2. The number of carboxylic acid groups (broad SMARTS) is 1. The smallest absolute Gasteiger partial charge is 0.309 e. The Morgan fingerprint density at radius 2 is 2.00 bits per heavy atom. The standard InChI is InChI=1S/C16H22BrNO2/c1-2-7-16(15(19)20)8-10-18(11-9-16)12-13-5-3-4-6-14(13)17/h3-6H,2,7-12H2,1H3,(H,19,20). The summed E-state index contributed by atoms with van der Waals surface area (Å²) in [5.74, 6) is -0.611. The highest BCUT2D eigenvalue weighted by Crippen LogP contribution is 2.37. The molecule has 0 aromatic heterocycles. The van der Waals surface area contributed by atoms with E-state index in [1.165, 1.54) is 5.56 Å². The van der Waals surface area contributed by atoms with Crippen LogP contribution >= 0.6 is 15.9 Å². The maximum absolute atomic E-state index is 11.6. The highest BCUT2D eigenvalue weighted by Gasteiger charge is 2.40. The van der Waals surface area contributed by atoms with Gasteiger partial charge < -0.3 is 5.11 Å². The van der Waals surface area contributed by atoms with Crippen LogP contribution in [0.5, 0.6) is 0 Å². The highest BCUT2D eigenvalue weighted by atomic mass is 79.9. The predicted octanol–water partition coefficient (Wildman–Crippen LogP) is 3.92. The third kappa shape index (κ3) is 3.41. The van der Waals surface area contributed by atoms with Gasteiger partial charge in [-0.3, -0.25) is 9.69 Å². The van der Waals surface area contributed by atoms with Gasteiger partial charge in [0.1, 0.15) is 0 Å². The zero-order valence-electron chi connectivity index (χ0n) is 11.9. The van der Waals surface area contributed by atoms with Gasteiger partial charge in [-0.05, 0) is 44.0 Å². The van der Waals surface area contributed by atoms with E-state index in [9.17, 15) is 9.90 Å². The molecule has 0 amide bonds. The largest absolute Gasteiger partial charge is 0.481 e. The summed E-state index contributed by atoms with van der Waals surface area (Å²) >= 11 is 3.57. The average molecular weight is 340 g/mol. The molecular weight excluding hydrogens is 318 g/mol. The van der Waals surface area contributed by atoms with Crippen molar-refractivity contribution in [1.29, 1.82) is 0 Å². The summed E-state index contributed by atoms with van der Waals surface area (Å²) in [6.07, 6.45) is 3.27. The molecule has 20 heavy (non-hydrogen) atoms. The van der Waals surface area contributed by atoms with Crippen molar-refractivity contribution in [3.05, 3.63) is 34.3 Å². The van der Waals surface area contributed by atoms with Gasteiger partial charge in [-0.15, -0.1) is 0 Å². The van der Waals surface area contributed by atoms with Crippen molar-refractivity contribution in [1.82, 2.24) is 4.90 Å². The van der Waals surface area contributed by atoms with Crippen LogP contribution < -0.4 is 0 Å². The fraction of sp³-hybridized carbons (Fsp3) is 0.562. The van der Waals surface area contributed by atoms with E-state index in [2.05, 4.69) is 39.9 Å². The first-order valence-corrected chi connectivity index (χ1v) is 8.06. The molecule has 110 valence electrons. The van der Waals surface area contributed by atoms with Gasteiger partial charge in [0.2, 0.25) is 0 Å². The third-order valence-electron chi connectivity index (χ3n) is 4.35. The minimum absolute atomic E-state index is 0.487. The van der Waals surface area contributed by atoms with Gasteiger partial charge in [-0.2, -0.15) is 0 Å². The maximum Gasteiger partial charge on any atom is 0.309 e. The van der Waals surface area contributed by atoms with Crippen LogP contribution in [0.1, 0.15) is 38.2 Å². The molecule has 1 aromatic rings. The molecule has 2 rings (SSSR count). The summed E-state index contributed by atoms with van der Waals surface area (Å²) < 4.78 is 1.13. The molecule has 1 aliphatic heterocycles. The molecule has 1 aliphatic rings. The quantitative estimate of drug-likeness (QED) is 0.883. The third-order valence-corrected chi connectivity index (χ3v) is 5.12. The molecule has 3 nitrogen and oxygen atoms in total. The molecule has 1 fully saturated rings. The molecule has 1 aromatic carbocycles. The fourth-order valence-electron chi connectivity index (χ4n) is 3.06. The van der Waals surface area contributed by atoms with E-state index in [1.54, 1.807) is 0 Å². The lowest BCUT2D eigenvalue weighted by molar-refractivity contribution is -0.152. The SMILES string of the molecule is CCCC1(C(=O)O)CCN(Cc2ccccc2Br)CC1. The second kappa shape index (κ2) is 6.72. The summed E-state index contributed by atoms with van der Waals surface area (Å²) in [4.78, 5) is 13.9. The van der Waals surface area contributed by atoms with Crippen LogP contribution in [0.25, 0.3) is 0 Å². The predicted molar refractivity (Wildman–Crippen MR) is 83.6 cm³/mol. The van der Waals surface area contributed by atoms with E-state index in [0.29, 0.717) is 0 Å². The molecule has 0 saturated carbocycles. The molecule has 0 radical (unpaired) electrons. The average Bonchev–Trinajstić information content (AvgIpc) is 2.43. The monoisotopic (exact) mass is 339 g/mol. The Bertz CT molecular complexity index is 467. The zero-order valence-corrected chi connectivity index (χ0v) is 13.5. The number of carbonyl (C=O) groups is 1. The van der Waals surface area contributed by atoms with Crippen LogP contribution in [0.2, 0.25) is 0 Å². The molecule has 0 bridgehead atoms. The number of piperidine rings is 1. The Balaban J connectivity index is 1.97. The summed E-state index contributed by atoms with van der Waals surface area (Å²) in [6.45, 7) is 4.70. The molecule has 0 spiro atoms. The number of nitrogens with zero attached hydrogens (tertiary/aromatic N) is 1. The van der Waals surface area contributed by atoms with Crippen molar-refractivity contribution >= 4 is 21.9 Å². The summed E-state index contributed by atoms with van der Waals surface area (Å²) in [5.41, 5.74) is 0.782. The van der Waals surface area contributed by atoms with Gasteiger partial charge in [-0.1, -0.05) is 47.5 Å². The molecule has 1 saturated heterocycles. The van der Waals surface area contributed by atoms with E-state index in [1.807, 2.05) is 12.1 Å². The first-order chi connectivity index (χ1) is 9.57. The number of halogens is 1. The van der Waals surface area contributed by atoms with Crippen LogP contribution in [-0.2, 0) is 11.3 Å².